The Hall–Kier alpha value is -2.77. The van der Waals surface area contributed by atoms with Gasteiger partial charge in [-0.25, -0.2) is 9.50 Å². The van der Waals surface area contributed by atoms with Gasteiger partial charge in [0.2, 0.25) is 0 Å². The van der Waals surface area contributed by atoms with Crippen molar-refractivity contribution in [2.24, 2.45) is 0 Å². The summed E-state index contributed by atoms with van der Waals surface area (Å²) < 4.78 is 51.6. The number of nitrogens with zero attached hydrogens (tertiary/aromatic N) is 3. The van der Waals surface area contributed by atoms with Crippen molar-refractivity contribution in [1.82, 2.24) is 14.6 Å². The predicted molar refractivity (Wildman–Crippen MR) is 74.4 cm³/mol. The van der Waals surface area contributed by atoms with Gasteiger partial charge in [-0.1, -0.05) is 12.1 Å². The Kier molecular flexibility index (Phi) is 2.93. The second-order valence-electron chi connectivity index (χ2n) is 5.00. The number of alkyl halides is 3. The molecule has 3 heterocycles. The highest BCUT2D eigenvalue weighted by atomic mass is 19.4. The van der Waals surface area contributed by atoms with Crippen LogP contribution in [-0.4, -0.2) is 27.8 Å². The number of pyridine rings is 1. The first-order valence-corrected chi connectivity index (χ1v) is 6.83. The third-order valence-corrected chi connectivity index (χ3v) is 3.56. The zero-order valence-electron chi connectivity index (χ0n) is 11.7. The number of benzene rings is 1. The third kappa shape index (κ3) is 2.26. The summed E-state index contributed by atoms with van der Waals surface area (Å²) in [5.74, 6) is 0.923. The fourth-order valence-corrected chi connectivity index (χ4v) is 2.57. The molecule has 5 nitrogen and oxygen atoms in total. The molecule has 1 aromatic carbocycles. The molecule has 1 aliphatic heterocycles. The molecule has 118 valence electrons. The molecule has 0 fully saturated rings. The largest absolute Gasteiger partial charge is 0.486 e. The number of rotatable bonds is 1. The SMILES string of the molecule is FC(F)(F)c1cc(-c2cccc3c2OCCO3)c2ncnn2c1. The van der Waals surface area contributed by atoms with Crippen molar-refractivity contribution in [3.63, 3.8) is 0 Å². The fourth-order valence-electron chi connectivity index (χ4n) is 2.57. The van der Waals surface area contributed by atoms with E-state index in [9.17, 15) is 13.2 Å². The lowest BCUT2D eigenvalue weighted by molar-refractivity contribution is -0.137. The van der Waals surface area contributed by atoms with Gasteiger partial charge in [-0.2, -0.15) is 18.3 Å². The molecule has 0 unspecified atom stereocenters. The molecule has 0 atom stereocenters. The van der Waals surface area contributed by atoms with Crippen LogP contribution >= 0.6 is 0 Å². The molecule has 0 amide bonds. The van der Waals surface area contributed by atoms with E-state index in [1.54, 1.807) is 18.2 Å². The molecular weight excluding hydrogens is 311 g/mol. The first-order valence-electron chi connectivity index (χ1n) is 6.83. The van der Waals surface area contributed by atoms with Crippen LogP contribution in [0.2, 0.25) is 0 Å². The van der Waals surface area contributed by atoms with Crippen molar-refractivity contribution in [3.05, 3.63) is 42.4 Å². The molecule has 2 aromatic heterocycles. The number of para-hydroxylation sites is 1. The monoisotopic (exact) mass is 321 g/mol. The van der Waals surface area contributed by atoms with Gasteiger partial charge in [0.1, 0.15) is 19.5 Å². The molecule has 3 aromatic rings. The van der Waals surface area contributed by atoms with Crippen LogP contribution in [0.15, 0.2) is 36.8 Å². The second-order valence-corrected chi connectivity index (χ2v) is 5.00. The van der Waals surface area contributed by atoms with Crippen LogP contribution in [0.1, 0.15) is 5.56 Å². The number of hydrogen-bond acceptors (Lipinski definition) is 4. The first-order chi connectivity index (χ1) is 11.0. The van der Waals surface area contributed by atoms with E-state index >= 15 is 0 Å². The lowest BCUT2D eigenvalue weighted by Gasteiger charge is -2.21. The minimum atomic E-state index is -4.49. The summed E-state index contributed by atoms with van der Waals surface area (Å²) in [7, 11) is 0. The lowest BCUT2D eigenvalue weighted by atomic mass is 10.0. The van der Waals surface area contributed by atoms with Crippen LogP contribution in [-0.2, 0) is 6.18 Å². The van der Waals surface area contributed by atoms with Crippen LogP contribution in [0.3, 0.4) is 0 Å². The van der Waals surface area contributed by atoms with Crippen LogP contribution in [0, 0.1) is 0 Å². The Labute approximate surface area is 128 Å². The highest BCUT2D eigenvalue weighted by molar-refractivity contribution is 5.83. The Balaban J connectivity index is 2.00. The van der Waals surface area contributed by atoms with Crippen LogP contribution in [0.25, 0.3) is 16.8 Å². The zero-order valence-corrected chi connectivity index (χ0v) is 11.7. The van der Waals surface area contributed by atoms with E-state index in [0.717, 1.165) is 16.8 Å². The van der Waals surface area contributed by atoms with Crippen LogP contribution in [0.5, 0.6) is 11.5 Å². The predicted octanol–water partition coefficient (Wildman–Crippen LogP) is 3.19. The maximum Gasteiger partial charge on any atom is 0.417 e. The standard InChI is InChI=1S/C15H10F3N3O2/c16-15(17,18)9-6-11(14-19-8-20-21(14)7-9)10-2-1-3-12-13(10)23-5-4-22-12/h1-3,6-8H,4-5H2. The van der Waals surface area contributed by atoms with Gasteiger partial charge in [0.05, 0.1) is 5.56 Å². The molecule has 0 radical (unpaired) electrons. The van der Waals surface area contributed by atoms with Crippen molar-refractivity contribution in [3.8, 4) is 22.6 Å². The first kappa shape index (κ1) is 13.9. The maximum atomic E-state index is 13.1. The number of ether oxygens (including phenoxy) is 2. The Bertz CT molecular complexity index is 889. The summed E-state index contributed by atoms with van der Waals surface area (Å²) in [5, 5.41) is 3.82. The van der Waals surface area contributed by atoms with Crippen molar-refractivity contribution >= 4 is 5.65 Å². The average molecular weight is 321 g/mol. The minimum absolute atomic E-state index is 0.291. The number of fused-ring (bicyclic) bond motifs is 2. The molecule has 1 aliphatic rings. The van der Waals surface area contributed by atoms with Gasteiger partial charge >= 0.3 is 6.18 Å². The lowest BCUT2D eigenvalue weighted by Crippen LogP contribution is -2.16. The van der Waals surface area contributed by atoms with E-state index in [0.29, 0.717) is 41.5 Å². The van der Waals surface area contributed by atoms with Gasteiger partial charge in [-0.05, 0) is 12.1 Å². The molecule has 0 spiro atoms. The van der Waals surface area contributed by atoms with Crippen molar-refractivity contribution in [1.29, 1.82) is 0 Å². The molecular formula is C15H10F3N3O2. The van der Waals surface area contributed by atoms with Gasteiger partial charge in [0.25, 0.3) is 0 Å². The third-order valence-electron chi connectivity index (χ3n) is 3.56. The van der Waals surface area contributed by atoms with E-state index in [-0.39, 0.29) is 0 Å². The molecule has 0 saturated carbocycles. The number of aromatic nitrogens is 3. The van der Waals surface area contributed by atoms with Gasteiger partial charge in [-0.3, -0.25) is 0 Å². The molecule has 8 heteroatoms. The van der Waals surface area contributed by atoms with Gasteiger partial charge in [-0.15, -0.1) is 0 Å². The fraction of sp³-hybridized carbons (Fsp3) is 0.200. The van der Waals surface area contributed by atoms with Gasteiger partial charge in [0.15, 0.2) is 17.1 Å². The topological polar surface area (TPSA) is 48.7 Å². The summed E-state index contributed by atoms with van der Waals surface area (Å²) >= 11 is 0. The molecule has 4 rings (SSSR count). The van der Waals surface area contributed by atoms with E-state index in [2.05, 4.69) is 10.1 Å². The van der Waals surface area contributed by atoms with Gasteiger partial charge < -0.3 is 9.47 Å². The molecule has 23 heavy (non-hydrogen) atoms. The smallest absolute Gasteiger partial charge is 0.417 e. The number of hydrogen-bond donors (Lipinski definition) is 0. The maximum absolute atomic E-state index is 13.1. The van der Waals surface area contributed by atoms with E-state index in [1.807, 2.05) is 0 Å². The number of halogens is 3. The highest BCUT2D eigenvalue weighted by Crippen LogP contribution is 2.42. The molecule has 0 bridgehead atoms. The normalized spacial score (nSPS) is 14.2. The summed E-state index contributed by atoms with van der Waals surface area (Å²) in [6.07, 6.45) is -2.36. The van der Waals surface area contributed by atoms with E-state index < -0.39 is 11.7 Å². The minimum Gasteiger partial charge on any atom is -0.486 e. The Morgan fingerprint density at radius 3 is 2.74 bits per heavy atom. The van der Waals surface area contributed by atoms with Crippen LogP contribution in [0.4, 0.5) is 13.2 Å². The Morgan fingerprint density at radius 2 is 1.91 bits per heavy atom. The Morgan fingerprint density at radius 1 is 1.09 bits per heavy atom. The summed E-state index contributed by atoms with van der Waals surface area (Å²) in [6, 6.07) is 6.15. The molecule has 0 aliphatic carbocycles. The summed E-state index contributed by atoms with van der Waals surface area (Å²) in [5.41, 5.74) is 0.298. The van der Waals surface area contributed by atoms with Crippen molar-refractivity contribution in [2.75, 3.05) is 13.2 Å². The highest BCUT2D eigenvalue weighted by Gasteiger charge is 2.33. The summed E-state index contributed by atoms with van der Waals surface area (Å²) in [4.78, 5) is 4.06. The van der Waals surface area contributed by atoms with E-state index in [4.69, 9.17) is 9.47 Å². The van der Waals surface area contributed by atoms with E-state index in [1.165, 1.54) is 6.33 Å². The van der Waals surface area contributed by atoms with Crippen molar-refractivity contribution in [2.45, 2.75) is 6.18 Å². The summed E-state index contributed by atoms with van der Waals surface area (Å²) in [6.45, 7) is 0.741. The van der Waals surface area contributed by atoms with Crippen LogP contribution < -0.4 is 9.47 Å². The quantitative estimate of drug-likeness (QED) is 0.691. The average Bonchev–Trinajstić information content (AvgIpc) is 3.01. The van der Waals surface area contributed by atoms with Gasteiger partial charge in [0, 0.05) is 17.3 Å². The molecule has 0 saturated heterocycles. The second kappa shape index (κ2) is 4.87. The van der Waals surface area contributed by atoms with Crippen molar-refractivity contribution < 1.29 is 22.6 Å². The zero-order chi connectivity index (χ0) is 16.0. The molecule has 0 N–H and O–H groups in total.